The first-order chi connectivity index (χ1) is 10.6. The second kappa shape index (κ2) is 6.43. The Balaban J connectivity index is 2.50. The molecule has 0 spiro atoms. The molecule has 0 bridgehead atoms. The van der Waals surface area contributed by atoms with Gasteiger partial charge in [-0.15, -0.1) is 13.2 Å². The molecule has 0 heterocycles. The molecule has 124 valence electrons. The number of rotatable bonds is 3. The lowest BCUT2D eigenvalue weighted by Gasteiger charge is -2.14. The second-order valence-electron chi connectivity index (χ2n) is 4.58. The number of hydrogen-bond donors (Lipinski definition) is 0. The van der Waals surface area contributed by atoms with Crippen molar-refractivity contribution in [2.75, 3.05) is 0 Å². The van der Waals surface area contributed by atoms with Gasteiger partial charge >= 0.3 is 12.5 Å². The summed E-state index contributed by atoms with van der Waals surface area (Å²) in [5, 5.41) is 0.255. The lowest BCUT2D eigenvalue weighted by atomic mass is 9.98. The van der Waals surface area contributed by atoms with Gasteiger partial charge in [0, 0.05) is 5.33 Å². The molecule has 0 amide bonds. The third kappa shape index (κ3) is 4.63. The van der Waals surface area contributed by atoms with Crippen LogP contribution in [0.15, 0.2) is 42.5 Å². The molecular formula is C15H9BrF6O. The molecule has 0 aliphatic heterocycles. The molecule has 0 aliphatic rings. The van der Waals surface area contributed by atoms with Crippen molar-refractivity contribution >= 4 is 15.9 Å². The summed E-state index contributed by atoms with van der Waals surface area (Å²) in [6, 6.07) is 7.96. The van der Waals surface area contributed by atoms with E-state index in [2.05, 4.69) is 20.7 Å². The lowest BCUT2D eigenvalue weighted by Crippen LogP contribution is -2.17. The van der Waals surface area contributed by atoms with Crippen molar-refractivity contribution in [2.24, 2.45) is 0 Å². The van der Waals surface area contributed by atoms with Gasteiger partial charge in [0.1, 0.15) is 5.75 Å². The molecule has 0 N–H and O–H groups in total. The molecular weight excluding hydrogens is 390 g/mol. The van der Waals surface area contributed by atoms with Gasteiger partial charge in [0.2, 0.25) is 0 Å². The van der Waals surface area contributed by atoms with Gasteiger partial charge in [0.05, 0.1) is 5.56 Å². The number of halogens is 7. The molecule has 0 radical (unpaired) electrons. The Hall–Kier alpha value is -1.70. The molecule has 0 saturated heterocycles. The zero-order chi connectivity index (χ0) is 17.3. The van der Waals surface area contributed by atoms with Crippen molar-refractivity contribution in [2.45, 2.75) is 17.9 Å². The minimum absolute atomic E-state index is 0.185. The third-order valence-electron chi connectivity index (χ3n) is 2.96. The van der Waals surface area contributed by atoms with Gasteiger partial charge in [-0.3, -0.25) is 0 Å². The molecule has 0 saturated carbocycles. The zero-order valence-electron chi connectivity index (χ0n) is 11.3. The first kappa shape index (κ1) is 17.7. The van der Waals surface area contributed by atoms with Crippen molar-refractivity contribution in [3.63, 3.8) is 0 Å². The number of ether oxygens (including phenoxy) is 1. The SMILES string of the molecule is FC(F)(F)Oc1cccc(-c2cc(C(F)(F)F)ccc2CBr)c1. The Morgan fingerprint density at radius 2 is 1.61 bits per heavy atom. The average molecular weight is 399 g/mol. The number of alkyl halides is 7. The van der Waals surface area contributed by atoms with Crippen LogP contribution in [0.1, 0.15) is 11.1 Å². The first-order valence-corrected chi connectivity index (χ1v) is 7.34. The molecule has 2 aromatic rings. The summed E-state index contributed by atoms with van der Waals surface area (Å²) < 4.78 is 79.1. The van der Waals surface area contributed by atoms with Crippen LogP contribution in [0.4, 0.5) is 26.3 Å². The van der Waals surface area contributed by atoms with Gasteiger partial charge in [0.25, 0.3) is 0 Å². The fourth-order valence-electron chi connectivity index (χ4n) is 2.00. The van der Waals surface area contributed by atoms with E-state index in [1.807, 2.05) is 0 Å². The van der Waals surface area contributed by atoms with E-state index in [1.54, 1.807) is 0 Å². The molecule has 0 aliphatic carbocycles. The fourth-order valence-corrected chi connectivity index (χ4v) is 2.49. The van der Waals surface area contributed by atoms with E-state index < -0.39 is 23.9 Å². The van der Waals surface area contributed by atoms with Crippen LogP contribution in [0.3, 0.4) is 0 Å². The molecule has 1 nitrogen and oxygen atoms in total. The van der Waals surface area contributed by atoms with Crippen LogP contribution >= 0.6 is 15.9 Å². The van der Waals surface area contributed by atoms with Gasteiger partial charge < -0.3 is 4.74 Å². The minimum atomic E-state index is -4.87. The Labute approximate surface area is 136 Å². The Bertz CT molecular complexity index is 693. The van der Waals surface area contributed by atoms with Gasteiger partial charge in [0.15, 0.2) is 0 Å². The largest absolute Gasteiger partial charge is 0.573 e. The zero-order valence-corrected chi connectivity index (χ0v) is 12.9. The third-order valence-corrected chi connectivity index (χ3v) is 3.56. The maximum Gasteiger partial charge on any atom is 0.573 e. The van der Waals surface area contributed by atoms with E-state index in [9.17, 15) is 26.3 Å². The van der Waals surface area contributed by atoms with Crippen LogP contribution in [0.2, 0.25) is 0 Å². The van der Waals surface area contributed by atoms with Crippen LogP contribution in [0, 0.1) is 0 Å². The Morgan fingerprint density at radius 1 is 0.913 bits per heavy atom. The first-order valence-electron chi connectivity index (χ1n) is 6.22. The summed E-state index contributed by atoms with van der Waals surface area (Å²) in [7, 11) is 0. The maximum absolute atomic E-state index is 12.8. The summed E-state index contributed by atoms with van der Waals surface area (Å²) in [6.07, 6.45) is -9.41. The lowest BCUT2D eigenvalue weighted by molar-refractivity contribution is -0.274. The van der Waals surface area contributed by atoms with E-state index >= 15 is 0 Å². The Kier molecular flexibility index (Phi) is 4.93. The van der Waals surface area contributed by atoms with E-state index in [0.717, 1.165) is 24.3 Å². The van der Waals surface area contributed by atoms with E-state index in [4.69, 9.17) is 0 Å². The van der Waals surface area contributed by atoms with Crippen LogP contribution < -0.4 is 4.74 Å². The van der Waals surface area contributed by atoms with E-state index in [0.29, 0.717) is 5.56 Å². The summed E-state index contributed by atoms with van der Waals surface area (Å²) in [6.45, 7) is 0. The van der Waals surface area contributed by atoms with Crippen LogP contribution in [0.25, 0.3) is 11.1 Å². The maximum atomic E-state index is 12.8. The van der Waals surface area contributed by atoms with E-state index in [1.165, 1.54) is 18.2 Å². The van der Waals surface area contributed by atoms with Gasteiger partial charge in [-0.25, -0.2) is 0 Å². The molecule has 23 heavy (non-hydrogen) atoms. The van der Waals surface area contributed by atoms with Crippen molar-refractivity contribution < 1.29 is 31.1 Å². The predicted octanol–water partition coefficient (Wildman–Crippen LogP) is 6.17. The number of benzene rings is 2. The highest BCUT2D eigenvalue weighted by Crippen LogP contribution is 2.36. The van der Waals surface area contributed by atoms with Crippen LogP contribution in [-0.4, -0.2) is 6.36 Å². The molecule has 0 unspecified atom stereocenters. The summed E-state index contributed by atoms with van der Waals surface area (Å²) in [5.74, 6) is -0.493. The van der Waals surface area contributed by atoms with Gasteiger partial charge in [-0.1, -0.05) is 34.1 Å². The summed E-state index contributed by atoms with van der Waals surface area (Å²) >= 11 is 3.16. The topological polar surface area (TPSA) is 9.23 Å². The second-order valence-corrected chi connectivity index (χ2v) is 5.14. The standard InChI is InChI=1S/C15H9BrF6O/c16-8-10-4-5-11(14(17,18)19)7-13(10)9-2-1-3-12(6-9)23-15(20,21)22/h1-7H,8H2. The normalized spacial score (nSPS) is 12.3. The Morgan fingerprint density at radius 3 is 2.17 bits per heavy atom. The predicted molar refractivity (Wildman–Crippen MR) is 76.2 cm³/mol. The molecule has 0 fully saturated rings. The van der Waals surface area contributed by atoms with Crippen molar-refractivity contribution in [1.29, 1.82) is 0 Å². The quantitative estimate of drug-likeness (QED) is 0.444. The number of hydrogen-bond acceptors (Lipinski definition) is 1. The van der Waals surface area contributed by atoms with Gasteiger partial charge in [-0.2, -0.15) is 13.2 Å². The highest BCUT2D eigenvalue weighted by Gasteiger charge is 2.32. The molecule has 0 aromatic heterocycles. The molecule has 0 atom stereocenters. The highest BCUT2D eigenvalue weighted by atomic mass is 79.9. The average Bonchev–Trinajstić information content (AvgIpc) is 2.44. The molecule has 2 aromatic carbocycles. The summed E-state index contributed by atoms with van der Waals surface area (Å²) in [4.78, 5) is 0. The van der Waals surface area contributed by atoms with Gasteiger partial charge in [-0.05, 0) is 41.0 Å². The highest BCUT2D eigenvalue weighted by molar-refractivity contribution is 9.08. The van der Waals surface area contributed by atoms with Crippen molar-refractivity contribution in [3.8, 4) is 16.9 Å². The molecule has 8 heteroatoms. The molecule has 2 rings (SSSR count). The minimum Gasteiger partial charge on any atom is -0.406 e. The van der Waals surface area contributed by atoms with Crippen molar-refractivity contribution in [1.82, 2.24) is 0 Å². The summed E-state index contributed by atoms with van der Waals surface area (Å²) in [5.41, 5.74) is 0.0260. The van der Waals surface area contributed by atoms with Crippen molar-refractivity contribution in [3.05, 3.63) is 53.6 Å². The van der Waals surface area contributed by atoms with Crippen LogP contribution in [-0.2, 0) is 11.5 Å². The fraction of sp³-hybridized carbons (Fsp3) is 0.200. The van der Waals surface area contributed by atoms with E-state index in [-0.39, 0.29) is 16.5 Å². The smallest absolute Gasteiger partial charge is 0.406 e. The monoisotopic (exact) mass is 398 g/mol. The van der Waals surface area contributed by atoms with Crippen LogP contribution in [0.5, 0.6) is 5.75 Å².